The van der Waals surface area contributed by atoms with Crippen LogP contribution in [0.25, 0.3) is 0 Å². The summed E-state index contributed by atoms with van der Waals surface area (Å²) < 4.78 is 19.1. The van der Waals surface area contributed by atoms with Crippen LogP contribution in [0.3, 0.4) is 0 Å². The third kappa shape index (κ3) is 6.48. The summed E-state index contributed by atoms with van der Waals surface area (Å²) in [6, 6.07) is 27.7. The Morgan fingerprint density at radius 3 is 1.98 bits per heavy atom. The van der Waals surface area contributed by atoms with E-state index in [-0.39, 0.29) is 37.0 Å². The van der Waals surface area contributed by atoms with Gasteiger partial charge in [-0.25, -0.2) is 4.79 Å². The van der Waals surface area contributed by atoms with Gasteiger partial charge in [0.25, 0.3) is 5.56 Å². The zero-order valence-corrected chi connectivity index (χ0v) is 24.4. The van der Waals surface area contributed by atoms with Gasteiger partial charge in [0.2, 0.25) is 0 Å². The highest BCUT2D eigenvalue weighted by molar-refractivity contribution is 5.49. The molecule has 8 nitrogen and oxygen atoms in total. The summed E-state index contributed by atoms with van der Waals surface area (Å²) in [6.07, 6.45) is 3.52. The number of aromatic nitrogens is 2. The Morgan fingerprint density at radius 2 is 1.45 bits per heavy atom. The van der Waals surface area contributed by atoms with Gasteiger partial charge in [-0.2, -0.15) is 5.26 Å². The number of H-pyrrole nitrogens is 1. The first-order valence-corrected chi connectivity index (χ1v) is 13.8. The fourth-order valence-corrected chi connectivity index (χ4v) is 5.17. The first kappa shape index (κ1) is 30.4. The number of hydrogen-bond donors (Lipinski definition) is 1. The zero-order chi connectivity index (χ0) is 30.1. The number of aryl methyl sites for hydroxylation is 1. The Hall–Kier alpha value is -4.61. The molecular weight excluding hydrogens is 530 g/mol. The maximum Gasteiger partial charge on any atom is 0.328 e. The molecule has 3 aromatic carbocycles. The third-order valence-electron chi connectivity index (χ3n) is 7.62. The van der Waals surface area contributed by atoms with E-state index in [9.17, 15) is 14.9 Å². The minimum absolute atomic E-state index is 0.176. The van der Waals surface area contributed by atoms with Crippen LogP contribution in [0.15, 0.2) is 94.6 Å². The van der Waals surface area contributed by atoms with Crippen molar-refractivity contribution in [3.05, 3.63) is 135 Å². The molecular formula is C34H36N3O5. The van der Waals surface area contributed by atoms with Gasteiger partial charge in [-0.05, 0) is 66.1 Å². The predicted octanol–water partition coefficient (Wildman–Crippen LogP) is 5.24. The van der Waals surface area contributed by atoms with E-state index in [4.69, 9.17) is 14.2 Å². The van der Waals surface area contributed by atoms with E-state index in [1.807, 2.05) is 92.2 Å². The van der Waals surface area contributed by atoms with Gasteiger partial charge in [0.15, 0.2) is 0 Å². The number of nitrogens with one attached hydrogen (secondary N) is 1. The number of benzene rings is 3. The fourth-order valence-electron chi connectivity index (χ4n) is 5.17. The van der Waals surface area contributed by atoms with E-state index in [1.165, 1.54) is 10.8 Å². The van der Waals surface area contributed by atoms with Gasteiger partial charge in [0, 0.05) is 24.7 Å². The maximum absolute atomic E-state index is 12.8. The molecule has 0 aliphatic carbocycles. The lowest BCUT2D eigenvalue weighted by Gasteiger charge is -2.38. The molecule has 0 fully saturated rings. The molecule has 1 N–H and O–H groups in total. The highest BCUT2D eigenvalue weighted by Gasteiger charge is 2.39. The maximum atomic E-state index is 12.8. The van der Waals surface area contributed by atoms with E-state index in [0.29, 0.717) is 5.56 Å². The minimum atomic E-state index is -1.03. The highest BCUT2D eigenvalue weighted by Crippen LogP contribution is 2.42. The van der Waals surface area contributed by atoms with Gasteiger partial charge >= 0.3 is 5.69 Å². The summed E-state index contributed by atoms with van der Waals surface area (Å²) in [4.78, 5) is 27.9. The van der Waals surface area contributed by atoms with Crippen molar-refractivity contribution in [3.8, 4) is 17.6 Å². The molecule has 0 aliphatic rings. The lowest BCUT2D eigenvalue weighted by atomic mass is 9.79. The van der Waals surface area contributed by atoms with Crippen molar-refractivity contribution in [2.24, 2.45) is 11.8 Å². The quantitative estimate of drug-likeness (QED) is 0.222. The average molecular weight is 567 g/mol. The largest absolute Gasteiger partial charge is 0.497 e. The van der Waals surface area contributed by atoms with E-state index < -0.39 is 11.3 Å². The van der Waals surface area contributed by atoms with Crippen molar-refractivity contribution in [3.63, 3.8) is 0 Å². The second kappa shape index (κ2) is 13.8. The third-order valence-corrected chi connectivity index (χ3v) is 7.62. The van der Waals surface area contributed by atoms with Crippen LogP contribution in [0, 0.1) is 36.5 Å². The zero-order valence-electron chi connectivity index (χ0n) is 24.4. The second-order valence-electron chi connectivity index (χ2n) is 10.2. The molecule has 4 aromatic rings. The van der Waals surface area contributed by atoms with Crippen molar-refractivity contribution in [2.45, 2.75) is 32.4 Å². The van der Waals surface area contributed by atoms with Crippen LogP contribution in [0.5, 0.6) is 11.5 Å². The first-order valence-electron chi connectivity index (χ1n) is 13.8. The molecule has 0 bridgehead atoms. The van der Waals surface area contributed by atoms with E-state index >= 15 is 0 Å². The van der Waals surface area contributed by atoms with Crippen molar-refractivity contribution < 1.29 is 14.2 Å². The highest BCUT2D eigenvalue weighted by atomic mass is 16.5. The van der Waals surface area contributed by atoms with Crippen molar-refractivity contribution in [1.29, 1.82) is 5.26 Å². The van der Waals surface area contributed by atoms with E-state index in [1.54, 1.807) is 21.1 Å². The number of nitriles is 1. The van der Waals surface area contributed by atoms with Gasteiger partial charge in [0.05, 0.1) is 26.9 Å². The molecule has 0 aliphatic heterocycles. The summed E-state index contributed by atoms with van der Waals surface area (Å²) >= 11 is 0. The molecule has 0 spiro atoms. The fraction of sp³-hybridized carbons (Fsp3) is 0.294. The van der Waals surface area contributed by atoms with Gasteiger partial charge in [-0.3, -0.25) is 9.36 Å². The van der Waals surface area contributed by atoms with Crippen LogP contribution in [0.2, 0.25) is 0 Å². The Kier molecular flexibility index (Phi) is 10.00. The molecule has 0 saturated heterocycles. The lowest BCUT2D eigenvalue weighted by molar-refractivity contribution is -0.0132. The molecule has 0 saturated carbocycles. The molecule has 1 radical (unpaired) electrons. The average Bonchev–Trinajstić information content (AvgIpc) is 3.03. The van der Waals surface area contributed by atoms with Crippen LogP contribution in [-0.2, 0) is 16.9 Å². The van der Waals surface area contributed by atoms with Crippen molar-refractivity contribution >= 4 is 0 Å². The number of aromatic amines is 1. The van der Waals surface area contributed by atoms with Crippen LogP contribution < -0.4 is 20.7 Å². The predicted molar refractivity (Wildman–Crippen MR) is 162 cm³/mol. The molecule has 217 valence electrons. The van der Waals surface area contributed by atoms with Crippen LogP contribution in [0.1, 0.15) is 35.6 Å². The monoisotopic (exact) mass is 566 g/mol. The van der Waals surface area contributed by atoms with E-state index in [2.05, 4.69) is 11.1 Å². The summed E-state index contributed by atoms with van der Waals surface area (Å²) in [7, 11) is 3.25. The molecule has 4 rings (SSSR count). The minimum Gasteiger partial charge on any atom is -0.497 e. The summed E-state index contributed by atoms with van der Waals surface area (Å²) in [5, 5.41) is 9.42. The molecule has 0 amide bonds. The first-order chi connectivity index (χ1) is 20.3. The molecule has 8 heteroatoms. The van der Waals surface area contributed by atoms with Gasteiger partial charge < -0.3 is 19.2 Å². The second-order valence-corrected chi connectivity index (χ2v) is 10.2. The number of hydrogen-bond acceptors (Lipinski definition) is 6. The van der Waals surface area contributed by atoms with Gasteiger partial charge in [-0.15, -0.1) is 0 Å². The van der Waals surface area contributed by atoms with Gasteiger partial charge in [0.1, 0.15) is 17.1 Å². The SMILES string of the molecule is COc1ccc(C(OCC([CH]CC#N)C(C)Cn2c(=O)[nH]cc(C)c2=O)(c2ccccc2)c2ccc(OC)cc2)cc1. The molecule has 1 aromatic heterocycles. The van der Waals surface area contributed by atoms with Gasteiger partial charge in [-0.1, -0.05) is 61.5 Å². The van der Waals surface area contributed by atoms with Crippen LogP contribution >= 0.6 is 0 Å². The number of methoxy groups -OCH3 is 2. The van der Waals surface area contributed by atoms with Crippen molar-refractivity contribution in [2.75, 3.05) is 20.8 Å². The van der Waals surface area contributed by atoms with Crippen molar-refractivity contribution in [1.82, 2.24) is 9.55 Å². The number of nitrogens with zero attached hydrogens (tertiary/aromatic N) is 2. The Labute approximate surface area is 246 Å². The summed E-state index contributed by atoms with van der Waals surface area (Å²) in [6.45, 7) is 4.02. The Balaban J connectivity index is 1.80. The standard InChI is InChI=1S/C34H36N3O5/c1-24-21-36-33(39)37(32(24)38)22-25(2)26(9-8-20-35)23-42-34(27-10-6-5-7-11-27,28-12-16-30(40-3)17-13-28)29-14-18-31(41-4)19-15-29/h5-7,9-19,21,25-26H,8,22-23H2,1-4H3,(H,36,39). The smallest absolute Gasteiger partial charge is 0.328 e. The number of ether oxygens (including phenoxy) is 3. The molecule has 2 unspecified atom stereocenters. The molecule has 42 heavy (non-hydrogen) atoms. The molecule has 2 atom stereocenters. The van der Waals surface area contributed by atoms with E-state index in [0.717, 1.165) is 28.2 Å². The number of rotatable bonds is 13. The van der Waals surface area contributed by atoms with Crippen LogP contribution in [0.4, 0.5) is 0 Å². The normalized spacial score (nSPS) is 12.7. The molecule has 1 heterocycles. The lowest BCUT2D eigenvalue weighted by Crippen LogP contribution is -2.40. The summed E-state index contributed by atoms with van der Waals surface area (Å²) in [5.74, 6) is 0.992. The van der Waals surface area contributed by atoms with Crippen LogP contribution in [-0.4, -0.2) is 30.4 Å². The summed E-state index contributed by atoms with van der Waals surface area (Å²) in [5.41, 5.74) is 1.32. The Morgan fingerprint density at radius 1 is 0.905 bits per heavy atom. The topological polar surface area (TPSA) is 106 Å². The Bertz CT molecular complexity index is 1560.